The van der Waals surface area contributed by atoms with Crippen molar-refractivity contribution >= 4 is 27.6 Å². The fourth-order valence-corrected chi connectivity index (χ4v) is 5.95. The van der Waals surface area contributed by atoms with Crippen LogP contribution < -0.4 is 4.72 Å². The van der Waals surface area contributed by atoms with Gasteiger partial charge in [0.25, 0.3) is 0 Å². The molecular formula is C26H51NO3SSi2. The topological polar surface area (TPSA) is 47.6 Å². The molecule has 1 rings (SSSR count). The van der Waals surface area contributed by atoms with E-state index in [1.54, 1.807) is 0 Å². The molecule has 0 spiro atoms. The molecule has 0 amide bonds. The zero-order valence-electron chi connectivity index (χ0n) is 23.6. The van der Waals surface area contributed by atoms with Gasteiger partial charge in [-0.05, 0) is 69.0 Å². The number of rotatable bonds is 10. The highest BCUT2D eigenvalue weighted by molar-refractivity contribution is 7.84. The van der Waals surface area contributed by atoms with Crippen molar-refractivity contribution < 1.29 is 13.1 Å². The van der Waals surface area contributed by atoms with Crippen molar-refractivity contribution in [1.29, 1.82) is 0 Å². The van der Waals surface area contributed by atoms with Crippen LogP contribution in [0.2, 0.25) is 36.3 Å². The molecule has 0 saturated carbocycles. The molecule has 1 aromatic carbocycles. The maximum atomic E-state index is 13.2. The predicted octanol–water partition coefficient (Wildman–Crippen LogP) is 7.06. The van der Waals surface area contributed by atoms with E-state index in [0.717, 1.165) is 6.42 Å². The lowest BCUT2D eigenvalue weighted by molar-refractivity contribution is 0.0823. The molecule has 0 aromatic heterocycles. The van der Waals surface area contributed by atoms with E-state index in [2.05, 4.69) is 96.7 Å². The van der Waals surface area contributed by atoms with Crippen LogP contribution in [-0.2, 0) is 26.3 Å². The van der Waals surface area contributed by atoms with Gasteiger partial charge in [0.15, 0.2) is 16.6 Å². The van der Waals surface area contributed by atoms with Gasteiger partial charge in [-0.15, -0.1) is 0 Å². The summed E-state index contributed by atoms with van der Waals surface area (Å²) in [6.45, 7) is 29.2. The summed E-state index contributed by atoms with van der Waals surface area (Å²) in [4.78, 5) is 0. The Morgan fingerprint density at radius 1 is 0.848 bits per heavy atom. The summed E-state index contributed by atoms with van der Waals surface area (Å²) >= 11 is 0. The molecule has 3 atom stereocenters. The molecule has 0 heterocycles. The van der Waals surface area contributed by atoms with Gasteiger partial charge in [-0.25, -0.2) is 8.93 Å². The molecule has 0 saturated heterocycles. The Labute approximate surface area is 209 Å². The average Bonchev–Trinajstić information content (AvgIpc) is 2.62. The van der Waals surface area contributed by atoms with E-state index in [0.29, 0.717) is 6.61 Å². The molecule has 192 valence electrons. The molecule has 1 aromatic rings. The summed E-state index contributed by atoms with van der Waals surface area (Å²) in [5.74, 6) is 0. The molecule has 4 nitrogen and oxygen atoms in total. The van der Waals surface area contributed by atoms with Gasteiger partial charge in [0, 0.05) is 0 Å². The standard InChI is InChI=1S/C26H51NO3SSi2/c1-24(2,3)31(28)27-22(19-21-17-15-14-16-18-21)23(30-33(12,13)26(7,8)9)20-29-32(10,11)25(4,5)6/h14-18,22-23,27H,19-20H2,1-13H3/t22-,23-,31-/m1/s1. The van der Waals surface area contributed by atoms with Gasteiger partial charge in [0.05, 0.1) is 34.5 Å². The number of hydrogen-bond acceptors (Lipinski definition) is 3. The summed E-state index contributed by atoms with van der Waals surface area (Å²) in [6.07, 6.45) is 0.550. The van der Waals surface area contributed by atoms with E-state index in [-0.39, 0.29) is 27.0 Å². The largest absolute Gasteiger partial charge is 0.414 e. The summed E-state index contributed by atoms with van der Waals surface area (Å²) < 4.78 is 30.0. The third-order valence-electron chi connectivity index (χ3n) is 7.23. The third-order valence-corrected chi connectivity index (χ3v) is 17.9. The first-order valence-electron chi connectivity index (χ1n) is 12.2. The van der Waals surface area contributed by atoms with Crippen LogP contribution >= 0.6 is 0 Å². The molecule has 0 unspecified atom stereocenters. The number of nitrogens with one attached hydrogen (secondary N) is 1. The van der Waals surface area contributed by atoms with Crippen LogP contribution in [0.4, 0.5) is 0 Å². The fourth-order valence-electron chi connectivity index (χ4n) is 2.73. The Balaban J connectivity index is 3.37. The molecular weight excluding hydrogens is 463 g/mol. The maximum absolute atomic E-state index is 13.2. The first kappa shape index (κ1) is 30.7. The van der Waals surface area contributed by atoms with Crippen LogP contribution in [0.25, 0.3) is 0 Å². The van der Waals surface area contributed by atoms with Crippen molar-refractivity contribution in [3.63, 3.8) is 0 Å². The quantitative estimate of drug-likeness (QED) is 0.341. The van der Waals surface area contributed by atoms with Crippen LogP contribution in [0, 0.1) is 0 Å². The Hall–Kier alpha value is -0.316. The van der Waals surface area contributed by atoms with E-state index in [4.69, 9.17) is 8.85 Å². The lowest BCUT2D eigenvalue weighted by Crippen LogP contribution is -2.56. The molecule has 1 N–H and O–H groups in total. The molecule has 0 aliphatic rings. The average molecular weight is 514 g/mol. The second kappa shape index (κ2) is 11.2. The number of benzene rings is 1. The fraction of sp³-hybridized carbons (Fsp3) is 0.769. The summed E-state index contributed by atoms with van der Waals surface area (Å²) in [5, 5.41) is 0.188. The van der Waals surface area contributed by atoms with Crippen molar-refractivity contribution in [1.82, 2.24) is 4.72 Å². The summed E-state index contributed by atoms with van der Waals surface area (Å²) in [5.41, 5.74) is 1.21. The van der Waals surface area contributed by atoms with Gasteiger partial charge < -0.3 is 8.85 Å². The molecule has 0 aliphatic heterocycles. The van der Waals surface area contributed by atoms with Gasteiger partial charge in [0.2, 0.25) is 0 Å². The lowest BCUT2D eigenvalue weighted by atomic mass is 10.0. The Morgan fingerprint density at radius 2 is 1.33 bits per heavy atom. The van der Waals surface area contributed by atoms with Gasteiger partial charge in [-0.3, -0.25) is 0 Å². The van der Waals surface area contributed by atoms with Crippen LogP contribution in [0.1, 0.15) is 67.9 Å². The van der Waals surface area contributed by atoms with Crippen molar-refractivity contribution in [3.05, 3.63) is 35.9 Å². The van der Waals surface area contributed by atoms with Gasteiger partial charge in [0.1, 0.15) is 0 Å². The van der Waals surface area contributed by atoms with Crippen molar-refractivity contribution in [2.75, 3.05) is 6.61 Å². The minimum atomic E-state index is -2.09. The van der Waals surface area contributed by atoms with Crippen molar-refractivity contribution in [3.8, 4) is 0 Å². The SMILES string of the molecule is CC(C)(C)[S@@](=O)N[C@H](Cc1ccccc1)[C@@H](CO[Si](C)(C)C(C)(C)C)O[Si](C)(C)C(C)(C)C. The highest BCUT2D eigenvalue weighted by Gasteiger charge is 2.43. The van der Waals surface area contributed by atoms with Crippen LogP contribution in [0.3, 0.4) is 0 Å². The normalized spacial score (nSPS) is 17.0. The van der Waals surface area contributed by atoms with Crippen molar-refractivity contribution in [2.45, 2.75) is 122 Å². The predicted molar refractivity (Wildman–Crippen MR) is 150 cm³/mol. The highest BCUT2D eigenvalue weighted by atomic mass is 32.2. The van der Waals surface area contributed by atoms with E-state index in [9.17, 15) is 4.21 Å². The molecule has 0 fully saturated rings. The Morgan fingerprint density at radius 3 is 1.76 bits per heavy atom. The molecule has 33 heavy (non-hydrogen) atoms. The third kappa shape index (κ3) is 9.34. The molecule has 7 heteroatoms. The highest BCUT2D eigenvalue weighted by Crippen LogP contribution is 2.39. The van der Waals surface area contributed by atoms with Crippen molar-refractivity contribution in [2.24, 2.45) is 0 Å². The first-order chi connectivity index (χ1) is 14.7. The van der Waals surface area contributed by atoms with Crippen LogP contribution in [0.15, 0.2) is 30.3 Å². The summed E-state index contributed by atoms with van der Waals surface area (Å²) in [6, 6.07) is 10.3. The maximum Gasteiger partial charge on any atom is 0.192 e. The monoisotopic (exact) mass is 513 g/mol. The van der Waals surface area contributed by atoms with Gasteiger partial charge >= 0.3 is 0 Å². The zero-order chi connectivity index (χ0) is 25.9. The van der Waals surface area contributed by atoms with Crippen LogP contribution in [-0.4, -0.2) is 44.3 Å². The molecule has 0 bridgehead atoms. The van der Waals surface area contributed by atoms with Gasteiger partial charge in [-0.2, -0.15) is 0 Å². The van der Waals surface area contributed by atoms with E-state index in [1.807, 2.05) is 26.8 Å². The Kier molecular flexibility index (Phi) is 10.4. The van der Waals surface area contributed by atoms with Crippen LogP contribution in [0.5, 0.6) is 0 Å². The minimum Gasteiger partial charge on any atom is -0.414 e. The minimum absolute atomic E-state index is 0.0721. The zero-order valence-corrected chi connectivity index (χ0v) is 26.4. The van der Waals surface area contributed by atoms with E-state index >= 15 is 0 Å². The van der Waals surface area contributed by atoms with E-state index < -0.39 is 27.6 Å². The smallest absolute Gasteiger partial charge is 0.192 e. The van der Waals surface area contributed by atoms with E-state index in [1.165, 1.54) is 5.56 Å². The second-order valence-corrected chi connectivity index (χ2v) is 24.8. The number of hydrogen-bond donors (Lipinski definition) is 1. The second-order valence-electron chi connectivity index (χ2n) is 13.3. The molecule has 0 aliphatic carbocycles. The lowest BCUT2D eigenvalue weighted by Gasteiger charge is -2.44. The molecule has 0 radical (unpaired) electrons. The van der Waals surface area contributed by atoms with Gasteiger partial charge in [-0.1, -0.05) is 71.9 Å². The summed E-state index contributed by atoms with van der Waals surface area (Å²) in [7, 11) is -5.27. The first-order valence-corrected chi connectivity index (χ1v) is 19.2. The Bertz CT molecular complexity index is 762.